The minimum absolute atomic E-state index is 0.165. The smallest absolute Gasteiger partial charge is 0.242 e. The van der Waals surface area contributed by atoms with Crippen LogP contribution in [0.3, 0.4) is 0 Å². The van der Waals surface area contributed by atoms with Gasteiger partial charge in [-0.25, -0.2) is 13.1 Å². The van der Waals surface area contributed by atoms with E-state index >= 15 is 0 Å². The van der Waals surface area contributed by atoms with Crippen molar-refractivity contribution in [2.45, 2.75) is 38.3 Å². The predicted octanol–water partition coefficient (Wildman–Crippen LogP) is 3.25. The molecule has 0 aromatic carbocycles. The van der Waals surface area contributed by atoms with E-state index < -0.39 is 10.0 Å². The van der Waals surface area contributed by atoms with E-state index in [0.29, 0.717) is 9.77 Å². The maximum absolute atomic E-state index is 12.7. The molecule has 1 atom stereocenters. The van der Waals surface area contributed by atoms with E-state index in [-0.39, 0.29) is 18.5 Å². The Labute approximate surface area is 134 Å². The Morgan fingerprint density at radius 2 is 2.05 bits per heavy atom. The molecule has 0 radical (unpaired) electrons. The molecule has 21 heavy (non-hydrogen) atoms. The van der Waals surface area contributed by atoms with Gasteiger partial charge in [0.1, 0.15) is 4.90 Å². The van der Waals surface area contributed by atoms with E-state index in [1.54, 1.807) is 18.3 Å². The van der Waals surface area contributed by atoms with Crippen LogP contribution >= 0.6 is 22.7 Å². The highest BCUT2D eigenvalue weighted by Crippen LogP contribution is 2.31. The van der Waals surface area contributed by atoms with Crippen molar-refractivity contribution in [1.82, 2.24) is 4.72 Å². The molecule has 0 spiro atoms. The van der Waals surface area contributed by atoms with Gasteiger partial charge >= 0.3 is 0 Å². The van der Waals surface area contributed by atoms with Crippen LogP contribution in [0, 0.1) is 12.8 Å². The summed E-state index contributed by atoms with van der Waals surface area (Å²) in [6, 6.07) is 3.67. The fraction of sp³-hybridized carbons (Fsp3) is 0.429. The molecule has 2 aromatic rings. The third-order valence-corrected chi connectivity index (χ3v) is 7.12. The third-order valence-electron chi connectivity index (χ3n) is 3.24. The fourth-order valence-electron chi connectivity index (χ4n) is 2.21. The van der Waals surface area contributed by atoms with Gasteiger partial charge in [-0.15, -0.1) is 22.7 Å². The van der Waals surface area contributed by atoms with E-state index in [0.717, 1.165) is 10.4 Å². The van der Waals surface area contributed by atoms with E-state index in [1.165, 1.54) is 11.3 Å². The highest BCUT2D eigenvalue weighted by atomic mass is 32.2. The minimum atomic E-state index is -3.57. The molecule has 0 bridgehead atoms. The van der Waals surface area contributed by atoms with Crippen molar-refractivity contribution in [3.63, 3.8) is 0 Å². The average molecular weight is 345 g/mol. The van der Waals surface area contributed by atoms with Gasteiger partial charge in [0.15, 0.2) is 0 Å². The average Bonchev–Trinajstić information content (AvgIpc) is 3.04. The molecule has 2 rings (SSSR count). The number of thiophene rings is 2. The zero-order valence-corrected chi connectivity index (χ0v) is 14.7. The highest BCUT2D eigenvalue weighted by molar-refractivity contribution is 7.89. The molecule has 0 aliphatic carbocycles. The number of aryl methyl sites for hydroxylation is 1. The Balaban J connectivity index is 2.38. The first-order valence-corrected chi connectivity index (χ1v) is 9.93. The monoisotopic (exact) mass is 344 g/mol. The predicted molar refractivity (Wildman–Crippen MR) is 89.2 cm³/mol. The van der Waals surface area contributed by atoms with Crippen molar-refractivity contribution in [1.29, 1.82) is 0 Å². The third kappa shape index (κ3) is 3.54. The Morgan fingerprint density at radius 1 is 1.33 bits per heavy atom. The molecule has 0 saturated carbocycles. The first-order chi connectivity index (χ1) is 9.86. The summed E-state index contributed by atoms with van der Waals surface area (Å²) in [5, 5.41) is 3.80. The number of hydrogen-bond acceptors (Lipinski definition) is 5. The van der Waals surface area contributed by atoms with Crippen molar-refractivity contribution >= 4 is 32.7 Å². The van der Waals surface area contributed by atoms with Crippen LogP contribution in [0.15, 0.2) is 27.8 Å². The molecule has 0 saturated heterocycles. The summed E-state index contributed by atoms with van der Waals surface area (Å²) in [7, 11) is -3.57. The summed E-state index contributed by atoms with van der Waals surface area (Å²) in [6.45, 7) is 6.06. The lowest BCUT2D eigenvalue weighted by atomic mass is 10.0. The number of hydrogen-bond donors (Lipinski definition) is 2. The highest BCUT2D eigenvalue weighted by Gasteiger charge is 2.28. The lowest BCUT2D eigenvalue weighted by Gasteiger charge is -2.21. The molecular formula is C14H20N2O2S3. The summed E-state index contributed by atoms with van der Waals surface area (Å²) in [4.78, 5) is 2.07. The van der Waals surface area contributed by atoms with Gasteiger partial charge < -0.3 is 5.73 Å². The molecule has 0 amide bonds. The second-order valence-corrected chi connectivity index (χ2v) is 8.83. The van der Waals surface area contributed by atoms with Gasteiger partial charge in [0.2, 0.25) is 10.0 Å². The van der Waals surface area contributed by atoms with Crippen molar-refractivity contribution in [3.05, 3.63) is 38.2 Å². The lowest BCUT2D eigenvalue weighted by Crippen LogP contribution is -2.32. The fourth-order valence-corrected chi connectivity index (χ4v) is 6.30. The van der Waals surface area contributed by atoms with Crippen LogP contribution in [0.1, 0.15) is 35.2 Å². The number of rotatable bonds is 6. The van der Waals surface area contributed by atoms with Crippen LogP contribution in [0.25, 0.3) is 0 Å². The molecule has 7 heteroatoms. The van der Waals surface area contributed by atoms with Crippen molar-refractivity contribution in [2.24, 2.45) is 11.7 Å². The summed E-state index contributed by atoms with van der Waals surface area (Å²) < 4.78 is 28.3. The molecular weight excluding hydrogens is 324 g/mol. The minimum Gasteiger partial charge on any atom is -0.326 e. The molecule has 2 aromatic heterocycles. The topological polar surface area (TPSA) is 72.2 Å². The zero-order valence-electron chi connectivity index (χ0n) is 12.3. The first-order valence-electron chi connectivity index (χ1n) is 6.69. The van der Waals surface area contributed by atoms with E-state index in [9.17, 15) is 8.42 Å². The number of nitrogens with one attached hydrogen (secondary N) is 1. The van der Waals surface area contributed by atoms with Gasteiger partial charge in [-0.05, 0) is 35.2 Å². The van der Waals surface area contributed by atoms with Gasteiger partial charge in [0, 0.05) is 16.3 Å². The largest absolute Gasteiger partial charge is 0.326 e. The van der Waals surface area contributed by atoms with Crippen LogP contribution in [-0.4, -0.2) is 8.42 Å². The van der Waals surface area contributed by atoms with Gasteiger partial charge in [0.25, 0.3) is 0 Å². The second kappa shape index (κ2) is 6.58. The Kier molecular flexibility index (Phi) is 5.21. The van der Waals surface area contributed by atoms with Gasteiger partial charge in [0.05, 0.1) is 6.04 Å². The number of nitrogens with two attached hydrogens (primary N) is 1. The Bertz CT molecular complexity index is 688. The van der Waals surface area contributed by atoms with Crippen LogP contribution < -0.4 is 10.5 Å². The lowest BCUT2D eigenvalue weighted by molar-refractivity contribution is 0.468. The Hall–Kier alpha value is -0.730. The Morgan fingerprint density at radius 3 is 2.57 bits per heavy atom. The molecule has 0 aliphatic rings. The molecule has 3 N–H and O–H groups in total. The zero-order chi connectivity index (χ0) is 15.6. The van der Waals surface area contributed by atoms with Gasteiger partial charge in [-0.3, -0.25) is 0 Å². The molecule has 1 unspecified atom stereocenters. The van der Waals surface area contributed by atoms with Gasteiger partial charge in [-0.2, -0.15) is 0 Å². The van der Waals surface area contributed by atoms with Gasteiger partial charge in [-0.1, -0.05) is 19.9 Å². The van der Waals surface area contributed by atoms with Crippen LogP contribution in [0.4, 0.5) is 0 Å². The summed E-state index contributed by atoms with van der Waals surface area (Å²) in [5.74, 6) is 0.165. The van der Waals surface area contributed by atoms with Crippen molar-refractivity contribution < 1.29 is 8.42 Å². The molecule has 4 nitrogen and oxygen atoms in total. The summed E-state index contributed by atoms with van der Waals surface area (Å²) >= 11 is 2.96. The summed E-state index contributed by atoms with van der Waals surface area (Å²) in [5.41, 5.74) is 6.42. The van der Waals surface area contributed by atoms with Crippen LogP contribution in [0.5, 0.6) is 0 Å². The summed E-state index contributed by atoms with van der Waals surface area (Å²) in [6.07, 6.45) is 0. The first kappa shape index (κ1) is 16.6. The maximum atomic E-state index is 12.7. The standard InChI is InChI=1S/C14H20N2O2S3/c1-9(2)13(11-5-4-6-19-11)16-21(17,18)14-10(3)8-20-12(14)7-15/h4-6,8-9,13,16H,7,15H2,1-3H3. The van der Waals surface area contributed by atoms with Crippen LogP contribution in [0.2, 0.25) is 0 Å². The molecule has 0 aliphatic heterocycles. The van der Waals surface area contributed by atoms with E-state index in [1.807, 2.05) is 36.7 Å². The van der Waals surface area contributed by atoms with Crippen molar-refractivity contribution in [3.8, 4) is 0 Å². The van der Waals surface area contributed by atoms with E-state index in [4.69, 9.17) is 5.73 Å². The maximum Gasteiger partial charge on any atom is 0.242 e. The van der Waals surface area contributed by atoms with E-state index in [2.05, 4.69) is 4.72 Å². The molecule has 2 heterocycles. The van der Waals surface area contributed by atoms with Crippen LogP contribution in [-0.2, 0) is 16.6 Å². The molecule has 0 fully saturated rings. The SMILES string of the molecule is Cc1csc(CN)c1S(=O)(=O)NC(c1cccs1)C(C)C. The number of sulfonamides is 1. The van der Waals surface area contributed by atoms with Crippen molar-refractivity contribution in [2.75, 3.05) is 0 Å². The molecule has 116 valence electrons. The normalized spacial score (nSPS) is 13.8. The second-order valence-electron chi connectivity index (χ2n) is 5.23. The quantitative estimate of drug-likeness (QED) is 0.845.